The second-order valence-electron chi connectivity index (χ2n) is 3.62. The fourth-order valence-corrected chi connectivity index (χ4v) is 1.87. The lowest BCUT2D eigenvalue weighted by atomic mass is 9.94. The van der Waals surface area contributed by atoms with E-state index in [9.17, 15) is 9.18 Å². The lowest BCUT2D eigenvalue weighted by Crippen LogP contribution is -2.18. The molecule has 1 unspecified atom stereocenters. The van der Waals surface area contributed by atoms with Gasteiger partial charge in [0.2, 0.25) is 0 Å². The maximum atomic E-state index is 13.6. The lowest BCUT2D eigenvalue weighted by molar-refractivity contribution is -0.137. The summed E-state index contributed by atoms with van der Waals surface area (Å²) in [5.41, 5.74) is 6.36. The summed E-state index contributed by atoms with van der Waals surface area (Å²) < 4.78 is 13.6. The summed E-state index contributed by atoms with van der Waals surface area (Å²) in [5.74, 6) is -2.12. The molecular formula is C11H13ClFNO2. The van der Waals surface area contributed by atoms with Gasteiger partial charge in [0.25, 0.3) is 0 Å². The van der Waals surface area contributed by atoms with Crippen molar-refractivity contribution in [3.05, 3.63) is 34.1 Å². The molecule has 1 aromatic rings. The van der Waals surface area contributed by atoms with Crippen molar-refractivity contribution in [1.29, 1.82) is 0 Å². The maximum Gasteiger partial charge on any atom is 0.304 e. The zero-order valence-corrected chi connectivity index (χ0v) is 9.59. The van der Waals surface area contributed by atoms with Crippen molar-refractivity contribution in [1.82, 2.24) is 0 Å². The molecular weight excluding hydrogens is 233 g/mol. The van der Waals surface area contributed by atoms with Crippen LogP contribution in [0.4, 0.5) is 4.39 Å². The zero-order chi connectivity index (χ0) is 12.3. The highest BCUT2D eigenvalue weighted by Crippen LogP contribution is 2.31. The van der Waals surface area contributed by atoms with Gasteiger partial charge in [-0.05, 0) is 25.1 Å². The van der Waals surface area contributed by atoms with Crippen LogP contribution in [0.25, 0.3) is 0 Å². The van der Waals surface area contributed by atoms with Crippen LogP contribution in [0.5, 0.6) is 0 Å². The van der Waals surface area contributed by atoms with E-state index >= 15 is 0 Å². The van der Waals surface area contributed by atoms with Crippen LogP contribution < -0.4 is 5.73 Å². The molecule has 0 aliphatic rings. The minimum absolute atomic E-state index is 0.0480. The fourth-order valence-electron chi connectivity index (χ4n) is 1.57. The third kappa shape index (κ3) is 2.71. The van der Waals surface area contributed by atoms with Gasteiger partial charge in [0.05, 0.1) is 6.42 Å². The van der Waals surface area contributed by atoms with Crippen LogP contribution in [0.15, 0.2) is 12.1 Å². The number of halogens is 2. The fraction of sp³-hybridized carbons (Fsp3) is 0.364. The average Bonchev–Trinajstić information content (AvgIpc) is 2.22. The predicted molar refractivity (Wildman–Crippen MR) is 60.2 cm³/mol. The Labute approximate surface area is 98.0 Å². The monoisotopic (exact) mass is 245 g/mol. The van der Waals surface area contributed by atoms with Crippen molar-refractivity contribution in [3.8, 4) is 0 Å². The topological polar surface area (TPSA) is 63.3 Å². The molecule has 0 amide bonds. The molecule has 0 fully saturated rings. The molecule has 1 atom stereocenters. The van der Waals surface area contributed by atoms with Gasteiger partial charge in [-0.1, -0.05) is 17.7 Å². The predicted octanol–water partition coefficient (Wildman–Crippen LogP) is 2.30. The molecule has 0 aromatic heterocycles. The summed E-state index contributed by atoms with van der Waals surface area (Å²) >= 11 is 5.97. The third-order valence-corrected chi connectivity index (χ3v) is 2.94. The molecule has 0 spiro atoms. The van der Waals surface area contributed by atoms with E-state index < -0.39 is 17.7 Å². The molecule has 0 aliphatic heterocycles. The molecule has 0 heterocycles. The average molecular weight is 246 g/mol. The Hall–Kier alpha value is -1.13. The van der Waals surface area contributed by atoms with Gasteiger partial charge < -0.3 is 10.8 Å². The number of carboxylic acids is 1. The summed E-state index contributed by atoms with van der Waals surface area (Å²) in [6.45, 7) is 1.78. The molecule has 0 bridgehead atoms. The largest absolute Gasteiger partial charge is 0.481 e. The van der Waals surface area contributed by atoms with Crippen LogP contribution >= 0.6 is 11.6 Å². The van der Waals surface area contributed by atoms with Gasteiger partial charge >= 0.3 is 5.97 Å². The van der Waals surface area contributed by atoms with E-state index in [0.29, 0.717) is 5.56 Å². The van der Waals surface area contributed by atoms with Gasteiger partial charge in [-0.3, -0.25) is 4.79 Å². The Morgan fingerprint density at radius 2 is 2.25 bits per heavy atom. The van der Waals surface area contributed by atoms with E-state index in [2.05, 4.69) is 0 Å². The number of rotatable bonds is 4. The minimum atomic E-state index is -1.02. The first kappa shape index (κ1) is 12.9. The first-order valence-corrected chi connectivity index (χ1v) is 5.21. The molecule has 16 heavy (non-hydrogen) atoms. The van der Waals surface area contributed by atoms with Gasteiger partial charge in [0, 0.05) is 16.5 Å². The molecule has 0 saturated carbocycles. The Balaban J connectivity index is 3.18. The summed E-state index contributed by atoms with van der Waals surface area (Å²) in [4.78, 5) is 10.6. The van der Waals surface area contributed by atoms with E-state index in [4.69, 9.17) is 22.4 Å². The van der Waals surface area contributed by atoms with Crippen molar-refractivity contribution >= 4 is 17.6 Å². The van der Waals surface area contributed by atoms with E-state index in [1.807, 2.05) is 0 Å². The Bertz CT molecular complexity index is 409. The quantitative estimate of drug-likeness (QED) is 0.856. The molecule has 3 N–H and O–H groups in total. The number of hydrogen-bond acceptors (Lipinski definition) is 2. The summed E-state index contributed by atoms with van der Waals surface area (Å²) in [7, 11) is 0. The SMILES string of the molecule is Cc1ccc(F)c(C(CN)CC(=O)O)c1Cl. The van der Waals surface area contributed by atoms with Gasteiger partial charge in [-0.25, -0.2) is 4.39 Å². The van der Waals surface area contributed by atoms with Crippen LogP contribution in [-0.4, -0.2) is 17.6 Å². The first-order chi connectivity index (χ1) is 7.47. The second kappa shape index (κ2) is 5.27. The molecule has 0 aliphatic carbocycles. The smallest absolute Gasteiger partial charge is 0.304 e. The summed E-state index contributed by atoms with van der Waals surface area (Å²) in [6.07, 6.45) is -0.226. The first-order valence-electron chi connectivity index (χ1n) is 4.83. The number of carbonyl (C=O) groups is 1. The highest BCUT2D eigenvalue weighted by molar-refractivity contribution is 6.32. The van der Waals surface area contributed by atoms with Crippen LogP contribution in [0.2, 0.25) is 5.02 Å². The van der Waals surface area contributed by atoms with E-state index in [-0.39, 0.29) is 23.6 Å². The maximum absolute atomic E-state index is 13.6. The van der Waals surface area contributed by atoms with Crippen molar-refractivity contribution in [2.45, 2.75) is 19.3 Å². The van der Waals surface area contributed by atoms with Crippen LogP contribution in [0.3, 0.4) is 0 Å². The van der Waals surface area contributed by atoms with E-state index in [1.54, 1.807) is 13.0 Å². The molecule has 0 radical (unpaired) electrons. The normalized spacial score (nSPS) is 12.5. The second-order valence-corrected chi connectivity index (χ2v) is 4.00. The molecule has 1 rings (SSSR count). The minimum Gasteiger partial charge on any atom is -0.481 e. The zero-order valence-electron chi connectivity index (χ0n) is 8.84. The van der Waals surface area contributed by atoms with Crippen molar-refractivity contribution in [3.63, 3.8) is 0 Å². The Kier molecular flexibility index (Phi) is 4.26. The lowest BCUT2D eigenvalue weighted by Gasteiger charge is -2.16. The molecule has 5 heteroatoms. The van der Waals surface area contributed by atoms with Crippen molar-refractivity contribution < 1.29 is 14.3 Å². The highest BCUT2D eigenvalue weighted by Gasteiger charge is 2.21. The molecule has 3 nitrogen and oxygen atoms in total. The molecule has 0 saturated heterocycles. The van der Waals surface area contributed by atoms with Gasteiger partial charge in [0.1, 0.15) is 5.82 Å². The number of aliphatic carboxylic acids is 1. The number of nitrogens with two attached hydrogens (primary N) is 1. The standard InChI is InChI=1S/C11H13ClFNO2/c1-6-2-3-8(13)10(11(6)12)7(5-14)4-9(15)16/h2-3,7H,4-5,14H2,1H3,(H,15,16). The van der Waals surface area contributed by atoms with Crippen LogP contribution in [0.1, 0.15) is 23.5 Å². The van der Waals surface area contributed by atoms with Crippen molar-refractivity contribution in [2.75, 3.05) is 6.54 Å². The van der Waals surface area contributed by atoms with Crippen LogP contribution in [0, 0.1) is 12.7 Å². The van der Waals surface area contributed by atoms with E-state index in [0.717, 1.165) is 0 Å². The Morgan fingerprint density at radius 1 is 1.62 bits per heavy atom. The Morgan fingerprint density at radius 3 is 2.75 bits per heavy atom. The summed E-state index contributed by atoms with van der Waals surface area (Å²) in [6, 6.07) is 2.83. The molecule has 88 valence electrons. The third-order valence-electron chi connectivity index (χ3n) is 2.43. The van der Waals surface area contributed by atoms with Gasteiger partial charge in [-0.15, -0.1) is 0 Å². The highest BCUT2D eigenvalue weighted by atomic mass is 35.5. The number of aryl methyl sites for hydroxylation is 1. The summed E-state index contributed by atoms with van der Waals surface area (Å²) in [5, 5.41) is 8.97. The van der Waals surface area contributed by atoms with E-state index in [1.165, 1.54) is 6.07 Å². The number of carboxylic acid groups (broad SMARTS) is 1. The molecule has 1 aromatic carbocycles. The number of benzene rings is 1. The van der Waals surface area contributed by atoms with Gasteiger partial charge in [-0.2, -0.15) is 0 Å². The van der Waals surface area contributed by atoms with Crippen molar-refractivity contribution in [2.24, 2.45) is 5.73 Å². The number of hydrogen-bond donors (Lipinski definition) is 2. The van der Waals surface area contributed by atoms with Gasteiger partial charge in [0.15, 0.2) is 0 Å². The van der Waals surface area contributed by atoms with Crippen LogP contribution in [-0.2, 0) is 4.79 Å².